The molecule has 2 atom stereocenters. The van der Waals surface area contributed by atoms with Gasteiger partial charge in [0.15, 0.2) is 0 Å². The largest absolute Gasteiger partial charge is 0.507 e. The molecular weight excluding hydrogens is 495 g/mol. The van der Waals surface area contributed by atoms with Crippen LogP contribution >= 0.6 is 0 Å². The van der Waals surface area contributed by atoms with Crippen LogP contribution in [-0.2, 0) is 26.0 Å². The molecule has 1 saturated heterocycles. The van der Waals surface area contributed by atoms with Gasteiger partial charge in [-0.3, -0.25) is 4.79 Å². The summed E-state index contributed by atoms with van der Waals surface area (Å²) in [5.41, 5.74) is -4.71. The van der Waals surface area contributed by atoms with Gasteiger partial charge in [-0.2, -0.15) is 13.2 Å². The summed E-state index contributed by atoms with van der Waals surface area (Å²) in [4.78, 5) is 27.5. The van der Waals surface area contributed by atoms with E-state index in [4.69, 9.17) is 4.74 Å². The van der Waals surface area contributed by atoms with Gasteiger partial charge in [0.25, 0.3) is 5.91 Å². The Labute approximate surface area is 220 Å². The second-order valence-electron chi connectivity index (χ2n) is 11.9. The van der Waals surface area contributed by atoms with Crippen molar-refractivity contribution in [3.05, 3.63) is 76.9 Å². The van der Waals surface area contributed by atoms with E-state index >= 15 is 13.2 Å². The zero-order valence-corrected chi connectivity index (χ0v) is 22.5. The van der Waals surface area contributed by atoms with E-state index < -0.39 is 52.0 Å². The second kappa shape index (κ2) is 8.75. The number of ether oxygens (including phenoxy) is 1. The van der Waals surface area contributed by atoms with Crippen LogP contribution < -0.4 is 0 Å². The maximum absolute atomic E-state index is 15.0. The number of hydrogen-bond donors (Lipinski definition) is 1. The number of benzene rings is 3. The molecule has 38 heavy (non-hydrogen) atoms. The number of nitrogens with zero attached hydrogens (tertiary/aromatic N) is 1. The zero-order chi connectivity index (χ0) is 28.4. The maximum Gasteiger partial charge on any atom is 0.442 e. The Morgan fingerprint density at radius 3 is 2.08 bits per heavy atom. The zero-order valence-electron chi connectivity index (χ0n) is 22.5. The van der Waals surface area contributed by atoms with E-state index in [1.807, 2.05) is 39.0 Å². The van der Waals surface area contributed by atoms with Gasteiger partial charge >= 0.3 is 17.9 Å². The molecule has 1 N–H and O–H groups in total. The standard InChI is InChI=1S/C30H32F3NO4/c1-17(20-14-10-12-18-11-8-9-13-21(18)20)34-25(36)29(30(31,32)33,38-26(34)37)23-16-19(27(2,3)4)15-22(24(23)35)28(5,6)7/h8-17,35H,1-7H3/t17-,29-/m1/s1. The molecule has 5 nitrogen and oxygen atoms in total. The van der Waals surface area contributed by atoms with E-state index in [-0.39, 0.29) is 5.56 Å². The Kier molecular flexibility index (Phi) is 6.33. The minimum Gasteiger partial charge on any atom is -0.507 e. The number of aromatic hydroxyl groups is 1. The molecule has 0 radical (unpaired) electrons. The van der Waals surface area contributed by atoms with Crippen molar-refractivity contribution in [2.24, 2.45) is 0 Å². The summed E-state index contributed by atoms with van der Waals surface area (Å²) in [6, 6.07) is 14.1. The molecule has 202 valence electrons. The number of alkyl halides is 3. The summed E-state index contributed by atoms with van der Waals surface area (Å²) in [6.45, 7) is 12.2. The smallest absolute Gasteiger partial charge is 0.442 e. The Hall–Kier alpha value is -3.55. The first-order chi connectivity index (χ1) is 17.4. The summed E-state index contributed by atoms with van der Waals surface area (Å²) in [5, 5.41) is 12.7. The van der Waals surface area contributed by atoms with Crippen LogP contribution in [0.5, 0.6) is 5.75 Å². The fraction of sp³-hybridized carbons (Fsp3) is 0.400. The summed E-state index contributed by atoms with van der Waals surface area (Å²) in [7, 11) is 0. The Morgan fingerprint density at radius 2 is 1.50 bits per heavy atom. The normalized spacial score (nSPS) is 19.7. The van der Waals surface area contributed by atoms with Crippen LogP contribution in [0.15, 0.2) is 54.6 Å². The lowest BCUT2D eigenvalue weighted by Crippen LogP contribution is -2.50. The lowest BCUT2D eigenvalue weighted by Gasteiger charge is -2.33. The molecule has 3 aromatic rings. The molecular formula is C30H32F3NO4. The molecule has 0 bridgehead atoms. The average molecular weight is 528 g/mol. The van der Waals surface area contributed by atoms with E-state index in [9.17, 15) is 14.7 Å². The summed E-state index contributed by atoms with van der Waals surface area (Å²) >= 11 is 0. The number of rotatable bonds is 3. The van der Waals surface area contributed by atoms with Gasteiger partial charge in [0.1, 0.15) is 5.75 Å². The predicted octanol–water partition coefficient (Wildman–Crippen LogP) is 7.64. The fourth-order valence-electron chi connectivity index (χ4n) is 4.97. The lowest BCUT2D eigenvalue weighted by molar-refractivity contribution is -0.247. The molecule has 1 heterocycles. The summed E-state index contributed by atoms with van der Waals surface area (Å²) in [6.07, 6.45) is -6.78. The monoisotopic (exact) mass is 527 g/mol. The van der Waals surface area contributed by atoms with Gasteiger partial charge in [-0.05, 0) is 51.3 Å². The Balaban J connectivity index is 1.97. The number of halogens is 3. The molecule has 0 saturated carbocycles. The first-order valence-corrected chi connectivity index (χ1v) is 12.4. The van der Waals surface area contributed by atoms with Crippen LogP contribution in [-0.4, -0.2) is 28.2 Å². The van der Waals surface area contributed by atoms with Gasteiger partial charge in [0.05, 0.1) is 11.6 Å². The van der Waals surface area contributed by atoms with Gasteiger partial charge in [0, 0.05) is 0 Å². The van der Waals surface area contributed by atoms with E-state index in [0.29, 0.717) is 21.4 Å². The SMILES string of the molecule is C[C@H](c1cccc2ccccc12)N1C(=O)O[C@@](c2cc(C(C)(C)C)cc(C(C)(C)C)c2O)(C(F)(F)F)C1=O. The van der Waals surface area contributed by atoms with Crippen LogP contribution in [0, 0.1) is 0 Å². The van der Waals surface area contributed by atoms with Crippen molar-refractivity contribution in [3.8, 4) is 5.75 Å². The van der Waals surface area contributed by atoms with Crippen molar-refractivity contribution < 1.29 is 32.6 Å². The van der Waals surface area contributed by atoms with Crippen LogP contribution in [0.2, 0.25) is 0 Å². The van der Waals surface area contributed by atoms with E-state index in [1.165, 1.54) is 6.92 Å². The number of phenols is 1. The number of phenolic OH excluding ortho intramolecular Hbond substituents is 1. The van der Waals surface area contributed by atoms with Crippen molar-refractivity contribution in [2.75, 3.05) is 0 Å². The molecule has 1 fully saturated rings. The third-order valence-corrected chi connectivity index (χ3v) is 7.18. The molecule has 0 aliphatic carbocycles. The van der Waals surface area contributed by atoms with Crippen LogP contribution in [0.25, 0.3) is 10.8 Å². The highest BCUT2D eigenvalue weighted by atomic mass is 19.4. The molecule has 1 aliphatic heterocycles. The highest BCUT2D eigenvalue weighted by Crippen LogP contribution is 2.54. The summed E-state index contributed by atoms with van der Waals surface area (Å²) < 4.78 is 50.1. The van der Waals surface area contributed by atoms with Crippen LogP contribution in [0.3, 0.4) is 0 Å². The second-order valence-corrected chi connectivity index (χ2v) is 11.9. The third-order valence-electron chi connectivity index (χ3n) is 7.18. The van der Waals surface area contributed by atoms with Gasteiger partial charge in [-0.25, -0.2) is 9.69 Å². The van der Waals surface area contributed by atoms with Crippen molar-refractivity contribution in [3.63, 3.8) is 0 Å². The quantitative estimate of drug-likeness (QED) is 0.380. The highest BCUT2D eigenvalue weighted by Gasteiger charge is 2.73. The molecule has 8 heteroatoms. The molecule has 3 aromatic carbocycles. The fourth-order valence-corrected chi connectivity index (χ4v) is 4.97. The summed E-state index contributed by atoms with van der Waals surface area (Å²) in [5.74, 6) is -2.31. The molecule has 1 aliphatic rings. The van der Waals surface area contributed by atoms with Crippen molar-refractivity contribution >= 4 is 22.8 Å². The molecule has 4 rings (SSSR count). The first-order valence-electron chi connectivity index (χ1n) is 12.4. The van der Waals surface area contributed by atoms with Crippen LogP contribution in [0.4, 0.5) is 18.0 Å². The Bertz CT molecular complexity index is 1430. The van der Waals surface area contributed by atoms with Gasteiger partial charge in [-0.1, -0.05) is 90.1 Å². The number of hydrogen-bond acceptors (Lipinski definition) is 4. The molecule has 0 spiro atoms. The van der Waals surface area contributed by atoms with Crippen molar-refractivity contribution in [1.29, 1.82) is 0 Å². The molecule has 0 unspecified atom stereocenters. The number of amides is 2. The maximum atomic E-state index is 15.0. The van der Waals surface area contributed by atoms with E-state index in [0.717, 1.165) is 11.5 Å². The number of cyclic esters (lactones) is 1. The van der Waals surface area contributed by atoms with E-state index in [2.05, 4.69) is 0 Å². The minimum absolute atomic E-state index is 0.216. The number of fused-ring (bicyclic) bond motifs is 1. The van der Waals surface area contributed by atoms with Gasteiger partial charge in [0.2, 0.25) is 0 Å². The van der Waals surface area contributed by atoms with Crippen LogP contribution in [0.1, 0.15) is 76.8 Å². The molecule has 2 amide bonds. The topological polar surface area (TPSA) is 66.8 Å². The van der Waals surface area contributed by atoms with E-state index in [1.54, 1.807) is 51.1 Å². The lowest BCUT2D eigenvalue weighted by atomic mass is 9.76. The third kappa shape index (κ3) is 4.20. The molecule has 0 aromatic heterocycles. The minimum atomic E-state index is -5.35. The number of carbonyl (C=O) groups is 2. The van der Waals surface area contributed by atoms with Gasteiger partial charge < -0.3 is 9.84 Å². The van der Waals surface area contributed by atoms with Gasteiger partial charge in [-0.15, -0.1) is 0 Å². The number of imide groups is 1. The Morgan fingerprint density at radius 1 is 0.895 bits per heavy atom. The highest BCUT2D eigenvalue weighted by molar-refractivity contribution is 6.05. The average Bonchev–Trinajstić information content (AvgIpc) is 3.07. The first kappa shape index (κ1) is 27.5. The predicted molar refractivity (Wildman–Crippen MR) is 139 cm³/mol. The van der Waals surface area contributed by atoms with Crippen molar-refractivity contribution in [2.45, 2.75) is 77.1 Å². The van der Waals surface area contributed by atoms with Crippen molar-refractivity contribution in [1.82, 2.24) is 4.90 Å². The number of carbonyl (C=O) groups excluding carboxylic acids is 2.